The molecule has 1 heterocycles. The number of rotatable bonds is 0. The average molecular weight is 209 g/mol. The van der Waals surface area contributed by atoms with Gasteiger partial charge in [-0.1, -0.05) is 20.8 Å². The molecule has 1 saturated carbocycles. The molecule has 2 rings (SSSR count). The van der Waals surface area contributed by atoms with Crippen molar-refractivity contribution in [3.8, 4) is 0 Å². The monoisotopic (exact) mass is 209 g/mol. The van der Waals surface area contributed by atoms with Gasteiger partial charge in [0.15, 0.2) is 5.96 Å². The third kappa shape index (κ3) is 1.52. The van der Waals surface area contributed by atoms with Crippen LogP contribution in [0.1, 0.15) is 40.0 Å². The van der Waals surface area contributed by atoms with Gasteiger partial charge < -0.3 is 10.6 Å². The molecule has 2 N–H and O–H groups in total. The Labute approximate surface area is 92.7 Å². The molecule has 2 unspecified atom stereocenters. The summed E-state index contributed by atoms with van der Waals surface area (Å²) in [6.45, 7) is 7.99. The zero-order chi connectivity index (χ0) is 11.3. The lowest BCUT2D eigenvalue weighted by atomic mass is 9.63. The lowest BCUT2D eigenvalue weighted by Gasteiger charge is -2.50. The Morgan fingerprint density at radius 2 is 2.07 bits per heavy atom. The van der Waals surface area contributed by atoms with Crippen molar-refractivity contribution in [1.29, 1.82) is 0 Å². The lowest BCUT2D eigenvalue weighted by Crippen LogP contribution is -2.56. The Morgan fingerprint density at radius 3 is 2.53 bits per heavy atom. The van der Waals surface area contributed by atoms with Crippen LogP contribution in [0.25, 0.3) is 0 Å². The van der Waals surface area contributed by atoms with Gasteiger partial charge in [0.2, 0.25) is 0 Å². The van der Waals surface area contributed by atoms with E-state index in [1.165, 1.54) is 19.3 Å². The van der Waals surface area contributed by atoms with E-state index in [1.54, 1.807) is 0 Å². The number of guanidine groups is 1. The van der Waals surface area contributed by atoms with Crippen molar-refractivity contribution in [2.45, 2.75) is 45.6 Å². The number of likely N-dealkylation sites (N-methyl/N-ethyl adjacent to an activating group) is 1. The lowest BCUT2D eigenvalue weighted by molar-refractivity contribution is 0.0401. The van der Waals surface area contributed by atoms with Crippen molar-refractivity contribution in [2.75, 3.05) is 13.6 Å². The summed E-state index contributed by atoms with van der Waals surface area (Å²) in [5.41, 5.74) is 6.60. The molecule has 3 nitrogen and oxygen atoms in total. The first kappa shape index (κ1) is 10.8. The van der Waals surface area contributed by atoms with E-state index >= 15 is 0 Å². The molecule has 0 radical (unpaired) electrons. The Balaban J connectivity index is 2.19. The number of hydrogen-bond acceptors (Lipinski definition) is 3. The maximum atomic E-state index is 5.89. The molecule has 0 bridgehead atoms. The van der Waals surface area contributed by atoms with Crippen molar-refractivity contribution in [3.05, 3.63) is 0 Å². The molecule has 86 valence electrons. The second-order valence-electron chi connectivity index (χ2n) is 6.11. The third-order valence-corrected chi connectivity index (χ3v) is 4.54. The fraction of sp³-hybridized carbons (Fsp3) is 0.917. The first-order valence-electron chi connectivity index (χ1n) is 5.91. The van der Waals surface area contributed by atoms with Crippen LogP contribution >= 0.6 is 0 Å². The average Bonchev–Trinajstić information content (AvgIpc) is 2.41. The standard InChI is InChI=1S/C12H23N3/c1-9-7-11(2,3)5-6-12(9)8-14-10(13)15(12)4/h9H,5-8H2,1-4H3,(H2,13,14). The molecule has 1 aliphatic carbocycles. The van der Waals surface area contributed by atoms with Crippen LogP contribution in [0, 0.1) is 11.3 Å². The van der Waals surface area contributed by atoms with Crippen molar-refractivity contribution in [3.63, 3.8) is 0 Å². The molecular formula is C12H23N3. The van der Waals surface area contributed by atoms with Gasteiger partial charge in [-0.3, -0.25) is 4.99 Å². The topological polar surface area (TPSA) is 41.6 Å². The number of hydrogen-bond donors (Lipinski definition) is 1. The zero-order valence-electron chi connectivity index (χ0n) is 10.4. The summed E-state index contributed by atoms with van der Waals surface area (Å²) in [4.78, 5) is 6.63. The highest BCUT2D eigenvalue weighted by Crippen LogP contribution is 2.47. The fourth-order valence-corrected chi connectivity index (χ4v) is 3.31. The van der Waals surface area contributed by atoms with Gasteiger partial charge in [-0.05, 0) is 30.6 Å². The van der Waals surface area contributed by atoms with Gasteiger partial charge in [0.25, 0.3) is 0 Å². The molecule has 1 fully saturated rings. The molecule has 3 heteroatoms. The Kier molecular flexibility index (Phi) is 2.25. The summed E-state index contributed by atoms with van der Waals surface area (Å²) in [6.07, 6.45) is 3.78. The van der Waals surface area contributed by atoms with Crippen molar-refractivity contribution >= 4 is 5.96 Å². The Hall–Kier alpha value is -0.730. The normalized spacial score (nSPS) is 39.6. The predicted molar refractivity (Wildman–Crippen MR) is 63.8 cm³/mol. The molecule has 2 atom stereocenters. The van der Waals surface area contributed by atoms with E-state index in [9.17, 15) is 0 Å². The quantitative estimate of drug-likeness (QED) is 0.661. The second-order valence-corrected chi connectivity index (χ2v) is 6.11. The van der Waals surface area contributed by atoms with Crippen LogP contribution in [0.15, 0.2) is 4.99 Å². The third-order valence-electron chi connectivity index (χ3n) is 4.54. The van der Waals surface area contributed by atoms with Crippen LogP contribution in [0.3, 0.4) is 0 Å². The molecule has 0 amide bonds. The van der Waals surface area contributed by atoms with Gasteiger partial charge >= 0.3 is 0 Å². The van der Waals surface area contributed by atoms with Crippen molar-refractivity contribution in [2.24, 2.45) is 22.1 Å². The minimum atomic E-state index is 0.222. The summed E-state index contributed by atoms with van der Waals surface area (Å²) in [5, 5.41) is 0. The molecule has 0 aromatic rings. The van der Waals surface area contributed by atoms with Crippen LogP contribution in [-0.4, -0.2) is 30.0 Å². The maximum absolute atomic E-state index is 5.89. The Bertz CT molecular complexity index is 295. The SMILES string of the molecule is CC1CC(C)(C)CCC12CN=C(N)N2C. The summed E-state index contributed by atoms with van der Waals surface area (Å²) < 4.78 is 0. The van der Waals surface area contributed by atoms with Crippen molar-refractivity contribution in [1.82, 2.24) is 4.90 Å². The predicted octanol–water partition coefficient (Wildman–Crippen LogP) is 1.83. The highest BCUT2D eigenvalue weighted by molar-refractivity contribution is 5.80. The van der Waals surface area contributed by atoms with E-state index in [1.807, 2.05) is 0 Å². The van der Waals surface area contributed by atoms with Crippen LogP contribution in [0.4, 0.5) is 0 Å². The van der Waals surface area contributed by atoms with Gasteiger partial charge in [-0.2, -0.15) is 0 Å². The Morgan fingerprint density at radius 1 is 1.40 bits per heavy atom. The maximum Gasteiger partial charge on any atom is 0.191 e. The van der Waals surface area contributed by atoms with Gasteiger partial charge in [-0.15, -0.1) is 0 Å². The van der Waals surface area contributed by atoms with E-state index in [4.69, 9.17) is 5.73 Å². The van der Waals surface area contributed by atoms with Gasteiger partial charge in [-0.25, -0.2) is 0 Å². The van der Waals surface area contributed by atoms with E-state index in [0.29, 0.717) is 11.3 Å². The van der Waals surface area contributed by atoms with Crippen molar-refractivity contribution < 1.29 is 0 Å². The summed E-state index contributed by atoms with van der Waals surface area (Å²) in [6, 6.07) is 0. The number of nitrogens with zero attached hydrogens (tertiary/aromatic N) is 2. The number of aliphatic imine (C=N–C) groups is 1. The molecule has 1 aliphatic heterocycles. The second kappa shape index (κ2) is 3.13. The summed E-state index contributed by atoms with van der Waals surface area (Å²) in [7, 11) is 2.10. The molecule has 2 aliphatic rings. The first-order valence-corrected chi connectivity index (χ1v) is 5.91. The molecular weight excluding hydrogens is 186 g/mol. The molecule has 1 spiro atoms. The highest BCUT2D eigenvalue weighted by Gasteiger charge is 2.49. The van der Waals surface area contributed by atoms with Crippen LogP contribution in [-0.2, 0) is 0 Å². The van der Waals surface area contributed by atoms with Gasteiger partial charge in [0.05, 0.1) is 12.1 Å². The van der Waals surface area contributed by atoms with Crippen LogP contribution in [0.5, 0.6) is 0 Å². The minimum Gasteiger partial charge on any atom is -0.370 e. The molecule has 0 aromatic heterocycles. The van der Waals surface area contributed by atoms with E-state index in [2.05, 4.69) is 37.7 Å². The molecule has 15 heavy (non-hydrogen) atoms. The smallest absolute Gasteiger partial charge is 0.191 e. The van der Waals surface area contributed by atoms with E-state index in [0.717, 1.165) is 12.5 Å². The first-order chi connectivity index (χ1) is 6.87. The fourth-order valence-electron chi connectivity index (χ4n) is 3.31. The highest BCUT2D eigenvalue weighted by atomic mass is 15.3. The zero-order valence-corrected chi connectivity index (χ0v) is 10.4. The minimum absolute atomic E-state index is 0.222. The molecule has 0 aromatic carbocycles. The molecule has 0 saturated heterocycles. The van der Waals surface area contributed by atoms with Crippen LogP contribution in [0.2, 0.25) is 0 Å². The van der Waals surface area contributed by atoms with E-state index < -0.39 is 0 Å². The summed E-state index contributed by atoms with van der Waals surface area (Å²) in [5.74, 6) is 1.40. The van der Waals surface area contributed by atoms with Crippen LogP contribution < -0.4 is 5.73 Å². The van der Waals surface area contributed by atoms with Gasteiger partial charge in [0.1, 0.15) is 0 Å². The van der Waals surface area contributed by atoms with Gasteiger partial charge in [0, 0.05) is 7.05 Å². The van der Waals surface area contributed by atoms with E-state index in [-0.39, 0.29) is 5.54 Å². The summed E-state index contributed by atoms with van der Waals surface area (Å²) >= 11 is 0. The number of nitrogens with two attached hydrogens (primary N) is 1. The largest absolute Gasteiger partial charge is 0.370 e.